The van der Waals surface area contributed by atoms with Crippen LogP contribution in [-0.2, 0) is 0 Å². The molecular formula is C26H17FN6. The van der Waals surface area contributed by atoms with Crippen LogP contribution in [0.2, 0.25) is 0 Å². The van der Waals surface area contributed by atoms with Crippen molar-refractivity contribution in [3.8, 4) is 22.5 Å². The highest BCUT2D eigenvalue weighted by Gasteiger charge is 2.12. The SMILES string of the molecule is Fc1cc(Nc2nc(-c3ccncc3)nc3ccccc23)ccc1-c1ccc2[nH]ncc2c1. The Morgan fingerprint density at radius 2 is 1.70 bits per heavy atom. The van der Waals surface area contributed by atoms with Gasteiger partial charge >= 0.3 is 0 Å². The maximum Gasteiger partial charge on any atom is 0.162 e. The molecule has 0 saturated carbocycles. The van der Waals surface area contributed by atoms with E-state index in [0.717, 1.165) is 32.9 Å². The van der Waals surface area contributed by atoms with Gasteiger partial charge in [0.25, 0.3) is 0 Å². The molecule has 6 rings (SSSR count). The van der Waals surface area contributed by atoms with Crippen LogP contribution in [-0.4, -0.2) is 25.1 Å². The summed E-state index contributed by atoms with van der Waals surface area (Å²) in [5.74, 6) is 0.860. The first-order valence-electron chi connectivity index (χ1n) is 10.4. The Morgan fingerprint density at radius 3 is 2.58 bits per heavy atom. The molecule has 0 aliphatic heterocycles. The molecule has 0 unspecified atom stereocenters. The molecule has 158 valence electrons. The fourth-order valence-electron chi connectivity index (χ4n) is 3.88. The molecule has 33 heavy (non-hydrogen) atoms. The first-order chi connectivity index (χ1) is 16.2. The number of hydrogen-bond acceptors (Lipinski definition) is 5. The summed E-state index contributed by atoms with van der Waals surface area (Å²) < 4.78 is 15.1. The van der Waals surface area contributed by atoms with Gasteiger partial charge in [-0.15, -0.1) is 0 Å². The van der Waals surface area contributed by atoms with Gasteiger partial charge < -0.3 is 5.32 Å². The van der Waals surface area contributed by atoms with Crippen molar-refractivity contribution in [2.45, 2.75) is 0 Å². The van der Waals surface area contributed by atoms with Crippen molar-refractivity contribution in [1.29, 1.82) is 0 Å². The van der Waals surface area contributed by atoms with Gasteiger partial charge in [-0.05, 0) is 60.2 Å². The van der Waals surface area contributed by atoms with Crippen molar-refractivity contribution in [2.24, 2.45) is 0 Å². The maximum absolute atomic E-state index is 15.1. The molecule has 0 atom stereocenters. The number of aromatic nitrogens is 5. The van der Waals surface area contributed by atoms with Crippen molar-refractivity contribution in [1.82, 2.24) is 25.1 Å². The quantitative estimate of drug-likeness (QED) is 0.351. The topological polar surface area (TPSA) is 79.4 Å². The second kappa shape index (κ2) is 7.80. The van der Waals surface area contributed by atoms with Crippen LogP contribution in [0.15, 0.2) is 91.4 Å². The van der Waals surface area contributed by atoms with E-state index in [1.165, 1.54) is 6.07 Å². The Hall–Kier alpha value is -4.65. The minimum Gasteiger partial charge on any atom is -0.340 e. The molecule has 0 spiro atoms. The zero-order valence-corrected chi connectivity index (χ0v) is 17.3. The van der Waals surface area contributed by atoms with E-state index in [4.69, 9.17) is 4.98 Å². The molecule has 0 saturated heterocycles. The van der Waals surface area contributed by atoms with E-state index in [0.29, 0.717) is 22.9 Å². The van der Waals surface area contributed by atoms with Crippen LogP contribution in [0.25, 0.3) is 44.3 Å². The third-order valence-corrected chi connectivity index (χ3v) is 5.52. The molecule has 3 aromatic carbocycles. The number of H-pyrrole nitrogens is 1. The Bertz CT molecular complexity index is 1610. The van der Waals surface area contributed by atoms with Crippen molar-refractivity contribution >= 4 is 33.3 Å². The number of nitrogens with one attached hydrogen (secondary N) is 2. The van der Waals surface area contributed by atoms with Crippen molar-refractivity contribution in [3.63, 3.8) is 0 Å². The molecule has 6 nitrogen and oxygen atoms in total. The van der Waals surface area contributed by atoms with Crippen molar-refractivity contribution in [2.75, 3.05) is 5.32 Å². The number of aromatic amines is 1. The van der Waals surface area contributed by atoms with E-state index >= 15 is 4.39 Å². The van der Waals surface area contributed by atoms with Crippen molar-refractivity contribution in [3.05, 3.63) is 97.2 Å². The molecule has 0 radical (unpaired) electrons. The summed E-state index contributed by atoms with van der Waals surface area (Å²) in [5, 5.41) is 12.0. The van der Waals surface area contributed by atoms with Gasteiger partial charge in [0.2, 0.25) is 0 Å². The number of fused-ring (bicyclic) bond motifs is 2. The smallest absolute Gasteiger partial charge is 0.162 e. The van der Waals surface area contributed by atoms with Gasteiger partial charge in [-0.25, -0.2) is 14.4 Å². The minimum absolute atomic E-state index is 0.324. The van der Waals surface area contributed by atoms with E-state index in [-0.39, 0.29) is 5.82 Å². The van der Waals surface area contributed by atoms with Crippen molar-refractivity contribution < 1.29 is 4.39 Å². The number of halogens is 1. The van der Waals surface area contributed by atoms with E-state index in [1.807, 2.05) is 60.7 Å². The zero-order chi connectivity index (χ0) is 22.2. The molecule has 0 fully saturated rings. The summed E-state index contributed by atoms with van der Waals surface area (Å²) in [5.41, 5.74) is 4.49. The third-order valence-electron chi connectivity index (χ3n) is 5.52. The first kappa shape index (κ1) is 19.1. The summed E-state index contributed by atoms with van der Waals surface area (Å²) in [6, 6.07) is 22.3. The molecule has 0 aliphatic rings. The van der Waals surface area contributed by atoms with Crippen LogP contribution in [0.1, 0.15) is 0 Å². The van der Waals surface area contributed by atoms with E-state index in [2.05, 4.69) is 25.5 Å². The van der Waals surface area contributed by atoms with Crippen LogP contribution in [0, 0.1) is 5.82 Å². The van der Waals surface area contributed by atoms with Crippen LogP contribution < -0.4 is 5.32 Å². The average molecular weight is 432 g/mol. The number of anilines is 2. The van der Waals surface area contributed by atoms with Gasteiger partial charge in [0.05, 0.1) is 17.2 Å². The lowest BCUT2D eigenvalue weighted by molar-refractivity contribution is 0.632. The second-order valence-electron chi connectivity index (χ2n) is 7.64. The highest BCUT2D eigenvalue weighted by molar-refractivity contribution is 5.92. The highest BCUT2D eigenvalue weighted by atomic mass is 19.1. The summed E-state index contributed by atoms with van der Waals surface area (Å²) in [7, 11) is 0. The third kappa shape index (κ3) is 3.55. The lowest BCUT2D eigenvalue weighted by Gasteiger charge is -2.12. The standard InChI is InChI=1S/C26H17FN6/c27-22-14-19(6-7-20(22)17-5-8-23-18(13-17)15-29-33-23)30-26-21-3-1-2-4-24(21)31-25(32-26)16-9-11-28-12-10-16/h1-15H,(H,29,33)(H,30,31,32). The average Bonchev–Trinajstić information content (AvgIpc) is 3.33. The van der Waals surface area contributed by atoms with Gasteiger partial charge in [-0.3, -0.25) is 10.1 Å². The molecule has 3 heterocycles. The molecule has 3 aromatic heterocycles. The number of rotatable bonds is 4. The van der Waals surface area contributed by atoms with Gasteiger partial charge in [0, 0.05) is 40.0 Å². The summed E-state index contributed by atoms with van der Waals surface area (Å²) in [4.78, 5) is 13.5. The van der Waals surface area contributed by atoms with Crippen LogP contribution >= 0.6 is 0 Å². The molecule has 2 N–H and O–H groups in total. The van der Waals surface area contributed by atoms with Crippen LogP contribution in [0.4, 0.5) is 15.9 Å². The fraction of sp³-hybridized carbons (Fsp3) is 0. The molecular weight excluding hydrogens is 415 g/mol. The molecule has 6 aromatic rings. The summed E-state index contributed by atoms with van der Waals surface area (Å²) in [6.07, 6.45) is 5.14. The Kier molecular flexibility index (Phi) is 4.51. The first-order valence-corrected chi connectivity index (χ1v) is 10.4. The molecule has 0 aliphatic carbocycles. The number of hydrogen-bond donors (Lipinski definition) is 2. The number of pyridine rings is 1. The zero-order valence-electron chi connectivity index (χ0n) is 17.3. The monoisotopic (exact) mass is 432 g/mol. The molecule has 0 bridgehead atoms. The summed E-state index contributed by atoms with van der Waals surface area (Å²) >= 11 is 0. The highest BCUT2D eigenvalue weighted by Crippen LogP contribution is 2.31. The fourth-order valence-corrected chi connectivity index (χ4v) is 3.88. The van der Waals surface area contributed by atoms with Crippen LogP contribution in [0.3, 0.4) is 0 Å². The maximum atomic E-state index is 15.1. The van der Waals surface area contributed by atoms with E-state index in [9.17, 15) is 0 Å². The lowest BCUT2D eigenvalue weighted by atomic mass is 10.0. The van der Waals surface area contributed by atoms with E-state index in [1.54, 1.807) is 24.7 Å². The predicted molar refractivity (Wildman–Crippen MR) is 128 cm³/mol. The largest absolute Gasteiger partial charge is 0.340 e. The number of benzene rings is 3. The molecule has 0 amide bonds. The molecule has 7 heteroatoms. The number of para-hydroxylation sites is 1. The summed E-state index contributed by atoms with van der Waals surface area (Å²) in [6.45, 7) is 0. The normalized spacial score (nSPS) is 11.2. The van der Waals surface area contributed by atoms with Crippen LogP contribution in [0.5, 0.6) is 0 Å². The lowest BCUT2D eigenvalue weighted by Crippen LogP contribution is -2.00. The minimum atomic E-state index is -0.324. The number of nitrogens with zero attached hydrogens (tertiary/aromatic N) is 4. The van der Waals surface area contributed by atoms with Gasteiger partial charge in [-0.1, -0.05) is 18.2 Å². The van der Waals surface area contributed by atoms with Gasteiger partial charge in [0.1, 0.15) is 11.6 Å². The predicted octanol–water partition coefficient (Wildman–Crippen LogP) is 6.12. The Morgan fingerprint density at radius 1 is 0.818 bits per heavy atom. The Balaban J connectivity index is 1.39. The van der Waals surface area contributed by atoms with Gasteiger partial charge in [-0.2, -0.15) is 5.10 Å². The van der Waals surface area contributed by atoms with E-state index < -0.39 is 0 Å². The van der Waals surface area contributed by atoms with Gasteiger partial charge in [0.15, 0.2) is 5.82 Å². The Labute approximate surface area is 188 Å². The second-order valence-corrected chi connectivity index (χ2v) is 7.64.